The summed E-state index contributed by atoms with van der Waals surface area (Å²) in [6.45, 7) is 5.14. The molecule has 2 rings (SSSR count). The molecule has 128 valence electrons. The zero-order valence-electron chi connectivity index (χ0n) is 14.6. The summed E-state index contributed by atoms with van der Waals surface area (Å²) in [7, 11) is 0. The maximum atomic E-state index is 12.6. The highest BCUT2D eigenvalue weighted by Gasteiger charge is 2.36. The van der Waals surface area contributed by atoms with Crippen molar-refractivity contribution in [3.05, 3.63) is 59.7 Å². The number of carbonyl (C=O) groups excluding carboxylic acids is 2. The minimum atomic E-state index is -1.27. The van der Waals surface area contributed by atoms with Crippen LogP contribution in [0.15, 0.2) is 48.5 Å². The van der Waals surface area contributed by atoms with Crippen LogP contribution in [0.1, 0.15) is 31.9 Å². The summed E-state index contributed by atoms with van der Waals surface area (Å²) in [6, 6.07) is 16.1. The Morgan fingerprint density at radius 2 is 1.72 bits per heavy atom. The molecule has 0 aliphatic rings. The Morgan fingerprint density at radius 3 is 2.40 bits per heavy atom. The van der Waals surface area contributed by atoms with Crippen LogP contribution in [0.2, 0.25) is 0 Å². The average molecular weight is 335 g/mol. The van der Waals surface area contributed by atoms with Gasteiger partial charge in [0.05, 0.1) is 11.6 Å². The number of rotatable bonds is 5. The van der Waals surface area contributed by atoms with Crippen molar-refractivity contribution >= 4 is 23.2 Å². The predicted octanol–water partition coefficient (Wildman–Crippen LogP) is 3.72. The normalized spacial score (nSPS) is 10.6. The third-order valence-electron chi connectivity index (χ3n) is 4.03. The third kappa shape index (κ3) is 4.24. The van der Waals surface area contributed by atoms with E-state index in [-0.39, 0.29) is 5.91 Å². The predicted molar refractivity (Wildman–Crippen MR) is 98.0 cm³/mol. The maximum Gasteiger partial charge on any atom is 0.239 e. The number of hydrogen-bond acceptors (Lipinski definition) is 3. The quantitative estimate of drug-likeness (QED) is 0.817. The standard InChI is InChI=1S/C20H21N3O2/c1-4-15-9-5-6-11-17(15)23-19(25)20(2,3)18(24)22-16-10-7-8-14(12-16)13-21/h5-12H,4H2,1-3H3,(H,22,24)(H,23,25). The van der Waals surface area contributed by atoms with Crippen molar-refractivity contribution in [1.82, 2.24) is 0 Å². The largest absolute Gasteiger partial charge is 0.325 e. The second-order valence-electron chi connectivity index (χ2n) is 6.24. The SMILES string of the molecule is CCc1ccccc1NC(=O)C(C)(C)C(=O)Nc1cccc(C#N)c1. The molecule has 0 aromatic heterocycles. The Kier molecular flexibility index (Phi) is 5.56. The fraction of sp³-hybridized carbons (Fsp3) is 0.250. The topological polar surface area (TPSA) is 82.0 Å². The van der Waals surface area contributed by atoms with E-state index in [9.17, 15) is 9.59 Å². The van der Waals surface area contributed by atoms with Gasteiger partial charge < -0.3 is 10.6 Å². The molecule has 2 aromatic rings. The number of para-hydroxylation sites is 1. The molecule has 0 atom stereocenters. The summed E-state index contributed by atoms with van der Waals surface area (Å²) in [5.41, 5.74) is 1.37. The van der Waals surface area contributed by atoms with E-state index in [1.165, 1.54) is 0 Å². The van der Waals surface area contributed by atoms with Gasteiger partial charge in [-0.15, -0.1) is 0 Å². The van der Waals surface area contributed by atoms with Gasteiger partial charge in [-0.2, -0.15) is 5.26 Å². The highest BCUT2D eigenvalue weighted by atomic mass is 16.2. The van der Waals surface area contributed by atoms with E-state index in [4.69, 9.17) is 5.26 Å². The maximum absolute atomic E-state index is 12.6. The van der Waals surface area contributed by atoms with Crippen LogP contribution in [0.4, 0.5) is 11.4 Å². The van der Waals surface area contributed by atoms with Gasteiger partial charge in [-0.3, -0.25) is 9.59 Å². The smallest absolute Gasteiger partial charge is 0.239 e. The van der Waals surface area contributed by atoms with Gasteiger partial charge in [0.1, 0.15) is 5.41 Å². The lowest BCUT2D eigenvalue weighted by atomic mass is 9.90. The molecule has 25 heavy (non-hydrogen) atoms. The monoisotopic (exact) mass is 335 g/mol. The highest BCUT2D eigenvalue weighted by molar-refractivity contribution is 6.14. The van der Waals surface area contributed by atoms with Crippen molar-refractivity contribution in [2.24, 2.45) is 5.41 Å². The van der Waals surface area contributed by atoms with E-state index >= 15 is 0 Å². The van der Waals surface area contributed by atoms with Crippen LogP contribution in [-0.4, -0.2) is 11.8 Å². The first-order chi connectivity index (χ1) is 11.9. The second-order valence-corrected chi connectivity index (χ2v) is 6.24. The van der Waals surface area contributed by atoms with Gasteiger partial charge in [-0.05, 0) is 50.1 Å². The molecule has 5 heteroatoms. The minimum absolute atomic E-state index is 0.387. The molecule has 0 radical (unpaired) electrons. The van der Waals surface area contributed by atoms with E-state index in [1.54, 1.807) is 38.1 Å². The number of carbonyl (C=O) groups is 2. The first-order valence-electron chi connectivity index (χ1n) is 8.09. The lowest BCUT2D eigenvalue weighted by molar-refractivity contribution is -0.135. The Hall–Kier alpha value is -3.13. The summed E-state index contributed by atoms with van der Waals surface area (Å²) < 4.78 is 0. The number of benzene rings is 2. The van der Waals surface area contributed by atoms with Crippen LogP contribution >= 0.6 is 0 Å². The fourth-order valence-corrected chi connectivity index (χ4v) is 2.29. The number of amides is 2. The minimum Gasteiger partial charge on any atom is -0.325 e. The third-order valence-corrected chi connectivity index (χ3v) is 4.03. The lowest BCUT2D eigenvalue weighted by Crippen LogP contribution is -2.41. The van der Waals surface area contributed by atoms with Crippen molar-refractivity contribution in [1.29, 1.82) is 5.26 Å². The average Bonchev–Trinajstić information content (AvgIpc) is 2.62. The Balaban J connectivity index is 2.14. The molecule has 5 nitrogen and oxygen atoms in total. The summed E-state index contributed by atoms with van der Waals surface area (Å²) in [4.78, 5) is 25.2. The lowest BCUT2D eigenvalue weighted by Gasteiger charge is -2.23. The number of aryl methyl sites for hydroxylation is 1. The molecule has 2 aromatic carbocycles. The van der Waals surface area contributed by atoms with Gasteiger partial charge in [0.15, 0.2) is 0 Å². The number of anilines is 2. The van der Waals surface area contributed by atoms with Gasteiger partial charge in [0.25, 0.3) is 0 Å². The highest BCUT2D eigenvalue weighted by Crippen LogP contribution is 2.23. The van der Waals surface area contributed by atoms with E-state index in [2.05, 4.69) is 10.6 Å². The molecule has 0 saturated carbocycles. The van der Waals surface area contributed by atoms with E-state index < -0.39 is 11.3 Å². The van der Waals surface area contributed by atoms with Gasteiger partial charge in [0.2, 0.25) is 11.8 Å². The summed E-state index contributed by atoms with van der Waals surface area (Å²) in [6.07, 6.45) is 0.782. The first kappa shape index (κ1) is 18.2. The van der Waals surface area contributed by atoms with Gasteiger partial charge in [-0.1, -0.05) is 31.2 Å². The Labute approximate surface area is 147 Å². The Morgan fingerprint density at radius 1 is 1.04 bits per heavy atom. The summed E-state index contributed by atoms with van der Waals surface area (Å²) in [5.74, 6) is -0.823. The van der Waals surface area contributed by atoms with E-state index in [1.807, 2.05) is 37.3 Å². The van der Waals surface area contributed by atoms with Gasteiger partial charge in [-0.25, -0.2) is 0 Å². The molecule has 0 aliphatic carbocycles. The van der Waals surface area contributed by atoms with Crippen LogP contribution in [0, 0.1) is 16.7 Å². The summed E-state index contributed by atoms with van der Waals surface area (Å²) in [5, 5.41) is 14.5. The van der Waals surface area contributed by atoms with Crippen LogP contribution < -0.4 is 10.6 Å². The van der Waals surface area contributed by atoms with Crippen LogP contribution in [-0.2, 0) is 16.0 Å². The molecule has 0 spiro atoms. The molecule has 2 amide bonds. The van der Waals surface area contributed by atoms with Gasteiger partial charge >= 0.3 is 0 Å². The molecule has 0 heterocycles. The molecule has 0 fully saturated rings. The summed E-state index contributed by atoms with van der Waals surface area (Å²) >= 11 is 0. The van der Waals surface area contributed by atoms with Crippen LogP contribution in [0.5, 0.6) is 0 Å². The number of nitrogens with zero attached hydrogens (tertiary/aromatic N) is 1. The molecule has 2 N–H and O–H groups in total. The second kappa shape index (κ2) is 7.63. The Bertz CT molecular complexity index is 835. The number of nitrogens with one attached hydrogen (secondary N) is 2. The number of hydrogen-bond donors (Lipinski definition) is 2. The van der Waals surface area contributed by atoms with Crippen molar-refractivity contribution in [2.45, 2.75) is 27.2 Å². The van der Waals surface area contributed by atoms with E-state index in [0.29, 0.717) is 16.9 Å². The first-order valence-corrected chi connectivity index (χ1v) is 8.09. The number of nitriles is 1. The zero-order valence-corrected chi connectivity index (χ0v) is 14.6. The van der Waals surface area contributed by atoms with Gasteiger partial charge in [0, 0.05) is 11.4 Å². The zero-order chi connectivity index (χ0) is 18.4. The molecular weight excluding hydrogens is 314 g/mol. The van der Waals surface area contributed by atoms with E-state index in [0.717, 1.165) is 12.0 Å². The van der Waals surface area contributed by atoms with Crippen molar-refractivity contribution in [2.75, 3.05) is 10.6 Å². The molecule has 0 saturated heterocycles. The molecule has 0 bridgehead atoms. The van der Waals surface area contributed by atoms with Crippen molar-refractivity contribution in [3.63, 3.8) is 0 Å². The molecule has 0 aliphatic heterocycles. The molecule has 0 unspecified atom stereocenters. The fourth-order valence-electron chi connectivity index (χ4n) is 2.29. The van der Waals surface area contributed by atoms with Crippen LogP contribution in [0.25, 0.3) is 0 Å². The van der Waals surface area contributed by atoms with Crippen molar-refractivity contribution in [3.8, 4) is 6.07 Å². The van der Waals surface area contributed by atoms with Crippen LogP contribution in [0.3, 0.4) is 0 Å². The molecular formula is C20H21N3O2. The van der Waals surface area contributed by atoms with Crippen molar-refractivity contribution < 1.29 is 9.59 Å².